The van der Waals surface area contributed by atoms with Crippen molar-refractivity contribution in [1.82, 2.24) is 9.71 Å². The summed E-state index contributed by atoms with van der Waals surface area (Å²) < 4.78 is 2.65. The molecule has 1 heterocycles. The van der Waals surface area contributed by atoms with Crippen LogP contribution in [0.5, 0.6) is 0 Å². The first-order chi connectivity index (χ1) is 7.19. The lowest BCUT2D eigenvalue weighted by Gasteiger charge is -2.20. The van der Waals surface area contributed by atoms with E-state index in [1.807, 2.05) is 6.92 Å². The maximum absolute atomic E-state index is 11.6. The molecule has 0 saturated heterocycles. The highest BCUT2D eigenvalue weighted by molar-refractivity contribution is 7.97. The van der Waals surface area contributed by atoms with Gasteiger partial charge in [-0.2, -0.15) is 0 Å². The van der Waals surface area contributed by atoms with E-state index in [1.165, 1.54) is 11.9 Å². The summed E-state index contributed by atoms with van der Waals surface area (Å²) in [5.41, 5.74) is 0.730. The van der Waals surface area contributed by atoms with Crippen LogP contribution in [-0.4, -0.2) is 23.8 Å². The number of pyridine rings is 1. The summed E-state index contributed by atoms with van der Waals surface area (Å²) in [5, 5.41) is 0.417. The zero-order valence-electron chi connectivity index (χ0n) is 8.53. The van der Waals surface area contributed by atoms with Gasteiger partial charge in [-0.1, -0.05) is 23.5 Å². The van der Waals surface area contributed by atoms with Gasteiger partial charge in [0.15, 0.2) is 0 Å². The zero-order chi connectivity index (χ0) is 11.3. The molecular weight excluding hydrogens is 234 g/mol. The molecular formula is C9H12ClN3OS. The van der Waals surface area contributed by atoms with E-state index < -0.39 is 0 Å². The molecule has 4 nitrogen and oxygen atoms in total. The highest BCUT2D eigenvalue weighted by Gasteiger charge is 2.12. The molecule has 0 radical (unpaired) electrons. The van der Waals surface area contributed by atoms with Gasteiger partial charge in [-0.25, -0.2) is 9.78 Å². The Kier molecular flexibility index (Phi) is 4.71. The topological polar surface area (TPSA) is 45.2 Å². The van der Waals surface area contributed by atoms with Gasteiger partial charge in [0.05, 0.1) is 11.9 Å². The molecule has 0 aliphatic heterocycles. The Hall–Kier alpha value is -0.940. The Morgan fingerprint density at radius 3 is 2.87 bits per heavy atom. The number of anilines is 1. The van der Waals surface area contributed by atoms with Gasteiger partial charge in [0.25, 0.3) is 0 Å². The molecule has 15 heavy (non-hydrogen) atoms. The van der Waals surface area contributed by atoms with Crippen molar-refractivity contribution >= 4 is 35.3 Å². The van der Waals surface area contributed by atoms with Crippen molar-refractivity contribution < 1.29 is 4.79 Å². The largest absolute Gasteiger partial charge is 0.331 e. The molecule has 2 amide bonds. The van der Waals surface area contributed by atoms with Gasteiger partial charge < -0.3 is 0 Å². The second kappa shape index (κ2) is 5.82. The van der Waals surface area contributed by atoms with E-state index in [9.17, 15) is 4.79 Å². The fourth-order valence-corrected chi connectivity index (χ4v) is 1.51. The number of hydrogen-bond donors (Lipinski definition) is 1. The molecule has 0 fully saturated rings. The van der Waals surface area contributed by atoms with Gasteiger partial charge in [-0.05, 0) is 19.1 Å². The van der Waals surface area contributed by atoms with Crippen LogP contribution in [0.15, 0.2) is 18.3 Å². The van der Waals surface area contributed by atoms with Crippen LogP contribution in [0.1, 0.15) is 6.92 Å². The lowest BCUT2D eigenvalue weighted by molar-refractivity contribution is 0.252. The number of nitrogens with one attached hydrogen (secondary N) is 1. The average Bonchev–Trinajstić information content (AvgIpc) is 2.22. The summed E-state index contributed by atoms with van der Waals surface area (Å²) >= 11 is 6.93. The molecule has 0 aliphatic carbocycles. The van der Waals surface area contributed by atoms with Gasteiger partial charge >= 0.3 is 6.03 Å². The first kappa shape index (κ1) is 12.1. The Balaban J connectivity index is 2.82. The summed E-state index contributed by atoms with van der Waals surface area (Å²) in [5.74, 6) is 0. The number of nitrogens with zero attached hydrogens (tertiary/aromatic N) is 2. The minimum absolute atomic E-state index is 0.158. The lowest BCUT2D eigenvalue weighted by Crippen LogP contribution is -2.36. The van der Waals surface area contributed by atoms with E-state index in [2.05, 4.69) is 9.71 Å². The summed E-state index contributed by atoms with van der Waals surface area (Å²) in [6.45, 7) is 2.48. The van der Waals surface area contributed by atoms with Crippen molar-refractivity contribution in [1.29, 1.82) is 0 Å². The van der Waals surface area contributed by atoms with E-state index in [1.54, 1.807) is 29.5 Å². The van der Waals surface area contributed by atoms with Crippen molar-refractivity contribution in [2.45, 2.75) is 6.92 Å². The first-order valence-corrected chi connectivity index (χ1v) is 6.01. The number of rotatable bonds is 3. The number of carbonyl (C=O) groups is 1. The highest BCUT2D eigenvalue weighted by atomic mass is 35.5. The zero-order valence-corrected chi connectivity index (χ0v) is 10.1. The van der Waals surface area contributed by atoms with E-state index >= 15 is 0 Å². The predicted molar refractivity (Wildman–Crippen MR) is 64.3 cm³/mol. The highest BCUT2D eigenvalue weighted by Crippen LogP contribution is 2.15. The van der Waals surface area contributed by atoms with Crippen LogP contribution >= 0.6 is 23.5 Å². The van der Waals surface area contributed by atoms with Crippen LogP contribution in [0, 0.1) is 0 Å². The fourth-order valence-electron chi connectivity index (χ4n) is 1.11. The van der Waals surface area contributed by atoms with Crippen molar-refractivity contribution in [2.75, 3.05) is 17.7 Å². The SMILES string of the molecule is CCN(C(=O)NSC)c1ccc(Cl)nc1. The van der Waals surface area contributed by atoms with Gasteiger partial charge in [0.1, 0.15) is 5.15 Å². The second-order valence-corrected chi connectivity index (χ2v) is 3.69. The molecule has 6 heteroatoms. The monoisotopic (exact) mass is 245 g/mol. The van der Waals surface area contributed by atoms with Gasteiger partial charge in [-0.3, -0.25) is 9.62 Å². The Bertz CT molecular complexity index is 331. The summed E-state index contributed by atoms with van der Waals surface area (Å²) in [6.07, 6.45) is 3.37. The predicted octanol–water partition coefficient (Wildman–Crippen LogP) is 2.55. The maximum atomic E-state index is 11.6. The van der Waals surface area contributed by atoms with Crippen LogP contribution in [0.4, 0.5) is 10.5 Å². The molecule has 0 aromatic carbocycles. The molecule has 0 bridgehead atoms. The van der Waals surface area contributed by atoms with Crippen LogP contribution in [0.2, 0.25) is 5.15 Å². The van der Waals surface area contributed by atoms with Crippen LogP contribution in [-0.2, 0) is 0 Å². The van der Waals surface area contributed by atoms with E-state index in [-0.39, 0.29) is 6.03 Å². The summed E-state index contributed by atoms with van der Waals surface area (Å²) in [6, 6.07) is 3.26. The van der Waals surface area contributed by atoms with Crippen LogP contribution in [0.25, 0.3) is 0 Å². The smallest absolute Gasteiger partial charge is 0.293 e. The molecule has 1 aromatic rings. The molecule has 0 aliphatic rings. The van der Waals surface area contributed by atoms with Gasteiger partial charge in [-0.15, -0.1) is 0 Å². The minimum Gasteiger partial charge on any atom is -0.293 e. The normalized spacial score (nSPS) is 9.80. The number of carbonyl (C=O) groups excluding carboxylic acids is 1. The quantitative estimate of drug-likeness (QED) is 0.658. The number of urea groups is 1. The lowest BCUT2D eigenvalue weighted by atomic mass is 10.4. The average molecular weight is 246 g/mol. The number of amides is 2. The molecule has 0 saturated carbocycles. The Labute approximate surface area is 98.1 Å². The molecule has 82 valence electrons. The third kappa shape index (κ3) is 3.28. The first-order valence-electron chi connectivity index (χ1n) is 4.41. The maximum Gasteiger partial charge on any atom is 0.331 e. The molecule has 1 rings (SSSR count). The second-order valence-electron chi connectivity index (χ2n) is 2.69. The molecule has 0 atom stereocenters. The van der Waals surface area contributed by atoms with Gasteiger partial charge in [0, 0.05) is 12.8 Å². The van der Waals surface area contributed by atoms with E-state index in [4.69, 9.17) is 11.6 Å². The standard InChI is InChI=1S/C9H12ClN3OS/c1-3-13(9(14)12-15-2)7-4-5-8(10)11-6-7/h4-6H,3H2,1-2H3,(H,12,14). The minimum atomic E-state index is -0.158. The van der Waals surface area contributed by atoms with Gasteiger partial charge in [0.2, 0.25) is 0 Å². The van der Waals surface area contributed by atoms with Crippen LogP contribution < -0.4 is 9.62 Å². The molecule has 0 spiro atoms. The third-order valence-corrected chi connectivity index (χ3v) is 2.38. The summed E-state index contributed by atoms with van der Waals surface area (Å²) in [7, 11) is 0. The van der Waals surface area contributed by atoms with E-state index in [0.29, 0.717) is 11.7 Å². The molecule has 1 aromatic heterocycles. The van der Waals surface area contributed by atoms with E-state index in [0.717, 1.165) is 5.69 Å². The van der Waals surface area contributed by atoms with Crippen molar-refractivity contribution in [3.63, 3.8) is 0 Å². The fraction of sp³-hybridized carbons (Fsp3) is 0.333. The summed E-state index contributed by atoms with van der Waals surface area (Å²) in [4.78, 5) is 17.1. The third-order valence-electron chi connectivity index (χ3n) is 1.77. The van der Waals surface area contributed by atoms with Crippen molar-refractivity contribution in [3.8, 4) is 0 Å². The van der Waals surface area contributed by atoms with Crippen molar-refractivity contribution in [2.24, 2.45) is 0 Å². The van der Waals surface area contributed by atoms with Crippen LogP contribution in [0.3, 0.4) is 0 Å². The molecule has 1 N–H and O–H groups in total. The number of aromatic nitrogens is 1. The van der Waals surface area contributed by atoms with Crippen molar-refractivity contribution in [3.05, 3.63) is 23.5 Å². The Morgan fingerprint density at radius 2 is 2.40 bits per heavy atom. The number of halogens is 1. The molecule has 0 unspecified atom stereocenters. The Morgan fingerprint density at radius 1 is 1.67 bits per heavy atom. The number of hydrogen-bond acceptors (Lipinski definition) is 3.